The number of methoxy groups -OCH3 is 1. The molecule has 8 rings (SSSR count). The highest BCUT2D eigenvalue weighted by atomic mass is 17.0. The summed E-state index contributed by atoms with van der Waals surface area (Å²) in [5, 5.41) is 26.9. The van der Waals surface area contributed by atoms with Gasteiger partial charge in [-0.2, -0.15) is 0 Å². The molecule has 0 amide bonds. The number of allylic oxidation sites excluding steroid dienone is 1. The number of cyclic esters (lactones) is 1. The number of carbonyl (C=O) groups is 3. The lowest BCUT2D eigenvalue weighted by molar-refractivity contribution is -0.455. The summed E-state index contributed by atoms with van der Waals surface area (Å²) < 4.78 is 44.4. The van der Waals surface area contributed by atoms with Crippen LogP contribution in [0.1, 0.15) is 92.2 Å². The summed E-state index contributed by atoms with van der Waals surface area (Å²) in [5.41, 5.74) is -9.36. The maximum Gasteiger partial charge on any atom is 0.333 e. The van der Waals surface area contributed by atoms with Gasteiger partial charge in [0.25, 0.3) is 5.97 Å². The molecule has 266 valence electrons. The molecule has 2 N–H and O–H groups in total. The maximum absolute atomic E-state index is 13.7. The molecule has 4 bridgehead atoms. The molecule has 0 radical (unpaired) electrons. The number of aliphatic hydroxyl groups is 2. The van der Waals surface area contributed by atoms with E-state index in [-0.39, 0.29) is 18.8 Å². The van der Waals surface area contributed by atoms with Crippen molar-refractivity contribution >= 4 is 17.9 Å². The predicted molar refractivity (Wildman–Crippen MR) is 168 cm³/mol. The van der Waals surface area contributed by atoms with Gasteiger partial charge in [0.05, 0.1) is 19.6 Å². The average Bonchev–Trinajstić information content (AvgIpc) is 3.86. The summed E-state index contributed by atoms with van der Waals surface area (Å²) in [6.45, 7) is 12.9. The second-order valence-corrected chi connectivity index (χ2v) is 16.2. The van der Waals surface area contributed by atoms with Gasteiger partial charge in [0, 0.05) is 45.8 Å². The molecule has 4 saturated carbocycles. The van der Waals surface area contributed by atoms with Crippen LogP contribution < -0.4 is 0 Å². The largest absolute Gasteiger partial charge is 0.472 e. The van der Waals surface area contributed by atoms with Crippen LogP contribution in [0.4, 0.5) is 0 Å². The Labute approximate surface area is 285 Å². The van der Waals surface area contributed by atoms with Crippen LogP contribution in [0, 0.1) is 28.1 Å². The van der Waals surface area contributed by atoms with Gasteiger partial charge in [0.15, 0.2) is 11.2 Å². The summed E-state index contributed by atoms with van der Waals surface area (Å²) in [5.74, 6) is -4.61. The molecule has 2 saturated heterocycles. The van der Waals surface area contributed by atoms with Crippen molar-refractivity contribution in [2.75, 3.05) is 7.11 Å². The van der Waals surface area contributed by atoms with E-state index in [0.717, 1.165) is 0 Å². The summed E-state index contributed by atoms with van der Waals surface area (Å²) >= 11 is 0. The van der Waals surface area contributed by atoms with E-state index in [4.69, 9.17) is 32.8 Å². The third kappa shape index (κ3) is 3.24. The van der Waals surface area contributed by atoms with Crippen molar-refractivity contribution in [3.63, 3.8) is 0 Å². The van der Waals surface area contributed by atoms with Crippen LogP contribution in [0.2, 0.25) is 0 Å². The Morgan fingerprint density at radius 2 is 1.90 bits per heavy atom. The molecule has 0 aromatic carbocycles. The lowest BCUT2D eigenvalue weighted by Gasteiger charge is -2.75. The van der Waals surface area contributed by atoms with Crippen molar-refractivity contribution in [2.45, 2.75) is 127 Å². The van der Waals surface area contributed by atoms with Gasteiger partial charge in [0.1, 0.15) is 29.5 Å². The molecule has 49 heavy (non-hydrogen) atoms. The third-order valence-corrected chi connectivity index (χ3v) is 14.5. The highest BCUT2D eigenvalue weighted by Crippen LogP contribution is 2.88. The highest BCUT2D eigenvalue weighted by Gasteiger charge is 3.02. The van der Waals surface area contributed by atoms with Gasteiger partial charge in [-0.1, -0.05) is 40.7 Å². The van der Waals surface area contributed by atoms with Gasteiger partial charge in [-0.15, -0.1) is 0 Å². The first-order valence-electron chi connectivity index (χ1n) is 17.4. The van der Waals surface area contributed by atoms with Gasteiger partial charge < -0.3 is 43.1 Å². The van der Waals surface area contributed by atoms with Gasteiger partial charge in [0.2, 0.25) is 0 Å². The molecule has 2 unspecified atom stereocenters. The van der Waals surface area contributed by atoms with Crippen LogP contribution in [0.3, 0.4) is 0 Å². The molecule has 13 atom stereocenters. The van der Waals surface area contributed by atoms with E-state index in [9.17, 15) is 24.6 Å². The lowest BCUT2D eigenvalue weighted by atomic mass is 9.35. The van der Waals surface area contributed by atoms with Crippen LogP contribution in [0.15, 0.2) is 46.3 Å². The average molecular weight is 683 g/mol. The lowest BCUT2D eigenvalue weighted by Crippen LogP contribution is -2.92. The molecule has 1 aromatic rings. The Morgan fingerprint density at radius 3 is 2.53 bits per heavy atom. The molecule has 12 nitrogen and oxygen atoms in total. The van der Waals surface area contributed by atoms with E-state index >= 15 is 0 Å². The summed E-state index contributed by atoms with van der Waals surface area (Å²) in [6, 6.07) is 1.75. The van der Waals surface area contributed by atoms with Crippen molar-refractivity contribution < 1.29 is 57.4 Å². The Balaban J connectivity index is 1.44. The second-order valence-electron chi connectivity index (χ2n) is 16.2. The number of ether oxygens (including phenoxy) is 6. The Bertz CT molecular complexity index is 1720. The number of hydrogen-bond donors (Lipinski definition) is 2. The van der Waals surface area contributed by atoms with Gasteiger partial charge in [-0.05, 0) is 57.1 Å². The van der Waals surface area contributed by atoms with Crippen LogP contribution in [-0.4, -0.2) is 75.8 Å². The van der Waals surface area contributed by atoms with Gasteiger partial charge >= 0.3 is 17.9 Å². The van der Waals surface area contributed by atoms with Crippen molar-refractivity contribution in [2.24, 2.45) is 28.1 Å². The van der Waals surface area contributed by atoms with E-state index in [2.05, 4.69) is 0 Å². The van der Waals surface area contributed by atoms with Crippen molar-refractivity contribution in [3.8, 4) is 0 Å². The highest BCUT2D eigenvalue weighted by molar-refractivity contribution is 5.88. The second kappa shape index (κ2) is 9.64. The van der Waals surface area contributed by atoms with E-state index in [0.29, 0.717) is 36.0 Å². The molecule has 3 aliphatic heterocycles. The molecular weight excluding hydrogens is 636 g/mol. The van der Waals surface area contributed by atoms with Crippen LogP contribution >= 0.6 is 0 Å². The fourth-order valence-electron chi connectivity index (χ4n) is 11.9. The monoisotopic (exact) mass is 682 g/mol. The Hall–Kier alpha value is -3.03. The van der Waals surface area contributed by atoms with Crippen molar-refractivity contribution in [1.82, 2.24) is 0 Å². The molecule has 6 fully saturated rings. The number of furan rings is 1. The smallest absolute Gasteiger partial charge is 0.333 e. The van der Waals surface area contributed by atoms with E-state index in [1.165, 1.54) is 19.4 Å². The van der Waals surface area contributed by atoms with Gasteiger partial charge in [-0.3, -0.25) is 4.79 Å². The number of hydrogen-bond acceptors (Lipinski definition) is 12. The van der Waals surface area contributed by atoms with E-state index < -0.39 is 86.8 Å². The standard InChI is InChI=1S/C37H46O12/c1-9-19(3)27(40)46-28-31(6)18-33(41)32(7,22(31)15-24(38)43-8)34-13-12-30(5)23(16-25(39)45-26(30)21-11-14-44-17-21)36(34)29(35(28,33)42)47-37(48-34,49-36)20(4)10-2/h9,11,14,16-17,20,22,26,28-29,41-42H,10,12-13,15,18H2,1-8H3/b19-9+/t20?,22-,26-,28+,29+,30+,31+,32-,33+,34-,35-,36+,37?/m0/s1. The first-order valence-corrected chi connectivity index (χ1v) is 17.4. The normalized spacial score (nSPS) is 50.7. The molecule has 4 heterocycles. The molecular formula is C37H46O12. The first-order chi connectivity index (χ1) is 23.0. The number of rotatable bonds is 7. The zero-order chi connectivity index (χ0) is 35.4. The van der Waals surface area contributed by atoms with Crippen molar-refractivity contribution in [1.29, 1.82) is 0 Å². The van der Waals surface area contributed by atoms with Gasteiger partial charge in [-0.25, -0.2) is 9.59 Å². The van der Waals surface area contributed by atoms with E-state index in [1.54, 1.807) is 32.3 Å². The summed E-state index contributed by atoms with van der Waals surface area (Å²) in [7, 11) is 1.30. The minimum absolute atomic E-state index is 0.0190. The van der Waals surface area contributed by atoms with E-state index in [1.807, 2.05) is 34.6 Å². The fraction of sp³-hybridized carbons (Fsp3) is 0.703. The third-order valence-electron chi connectivity index (χ3n) is 14.5. The minimum Gasteiger partial charge on any atom is -0.472 e. The van der Waals surface area contributed by atoms with Crippen LogP contribution in [0.5, 0.6) is 0 Å². The Kier molecular flexibility index (Phi) is 6.52. The first kappa shape index (κ1) is 33.1. The molecule has 7 aliphatic rings. The topological polar surface area (TPSA) is 160 Å². The zero-order valence-corrected chi connectivity index (χ0v) is 29.3. The van der Waals surface area contributed by atoms with Crippen LogP contribution in [0.25, 0.3) is 0 Å². The summed E-state index contributed by atoms with van der Waals surface area (Å²) in [4.78, 5) is 40.6. The molecule has 12 heteroatoms. The number of esters is 3. The van der Waals surface area contributed by atoms with Crippen LogP contribution in [-0.2, 0) is 42.8 Å². The SMILES string of the molecule is C/C=C(\C)C(=O)O[C@@H]1[C@]2(C)C[C@]3(O)[C@@]1(O)[C@H]1OC4(C(C)CC)O[C@@]5(CC[C@]6(C)C(=CC(=O)O[C@H]6c6ccoc6)[C@@]15O4)[C@@]3(C)[C@H]2CC(=O)OC. The molecule has 1 spiro atoms. The predicted octanol–water partition coefficient (Wildman–Crippen LogP) is 4.19. The number of fused-ring (bicyclic) bond motifs is 4. The molecule has 4 aliphatic carbocycles. The summed E-state index contributed by atoms with van der Waals surface area (Å²) in [6.07, 6.45) is 3.74. The van der Waals surface area contributed by atoms with Crippen molar-refractivity contribution in [3.05, 3.63) is 47.5 Å². The maximum atomic E-state index is 13.7. The quantitative estimate of drug-likeness (QED) is 0.240. The number of carbonyl (C=O) groups excluding carboxylic acids is 3. The Morgan fingerprint density at radius 1 is 1.16 bits per heavy atom. The fourth-order valence-corrected chi connectivity index (χ4v) is 11.9. The molecule has 1 aromatic heterocycles. The zero-order valence-electron chi connectivity index (χ0n) is 29.3. The minimum atomic E-state index is -2.28.